The third-order valence-electron chi connectivity index (χ3n) is 3.06. The second-order valence-corrected chi connectivity index (χ2v) is 5.33. The predicted molar refractivity (Wildman–Crippen MR) is 84.0 cm³/mol. The Kier molecular flexibility index (Phi) is 5.20. The Balaban J connectivity index is 2.47. The van der Waals surface area contributed by atoms with E-state index < -0.39 is 11.7 Å². The van der Waals surface area contributed by atoms with Gasteiger partial charge in [0.05, 0.1) is 10.0 Å². The summed E-state index contributed by atoms with van der Waals surface area (Å²) < 4.78 is 1.63. The van der Waals surface area contributed by atoms with Gasteiger partial charge in [0.25, 0.3) is 0 Å². The number of amides is 1. The van der Waals surface area contributed by atoms with E-state index in [9.17, 15) is 9.59 Å². The molecule has 9 heteroatoms. The van der Waals surface area contributed by atoms with Gasteiger partial charge in [0, 0.05) is 13.1 Å². The van der Waals surface area contributed by atoms with Crippen LogP contribution in [0.4, 0.5) is 4.79 Å². The van der Waals surface area contributed by atoms with Gasteiger partial charge < -0.3 is 4.90 Å². The number of carbonyl (C=O) groups is 1. The summed E-state index contributed by atoms with van der Waals surface area (Å²) in [6.07, 6.45) is 0.777. The first-order valence-electron chi connectivity index (χ1n) is 6.79. The summed E-state index contributed by atoms with van der Waals surface area (Å²) in [5.41, 5.74) is -0.511. The molecule has 7 nitrogen and oxygen atoms in total. The van der Waals surface area contributed by atoms with Crippen molar-refractivity contribution >= 4 is 29.2 Å². The summed E-state index contributed by atoms with van der Waals surface area (Å²) in [7, 11) is 0. The van der Waals surface area contributed by atoms with E-state index in [1.54, 1.807) is 18.2 Å². The Morgan fingerprint density at radius 2 is 1.86 bits per heavy atom. The summed E-state index contributed by atoms with van der Waals surface area (Å²) in [6, 6.07) is 4.27. The van der Waals surface area contributed by atoms with Crippen molar-refractivity contribution in [2.24, 2.45) is 0 Å². The molecule has 0 spiro atoms. The molecule has 0 saturated heterocycles. The van der Waals surface area contributed by atoms with Crippen molar-refractivity contribution in [1.82, 2.24) is 24.7 Å². The largest absolute Gasteiger partial charge is 0.377 e. The molecule has 0 unspecified atom stereocenters. The second kappa shape index (κ2) is 6.93. The van der Waals surface area contributed by atoms with Crippen molar-refractivity contribution < 1.29 is 4.79 Å². The first-order chi connectivity index (χ1) is 10.5. The molecular formula is C13H15Cl2N5O2. The Hall–Kier alpha value is -1.86. The maximum atomic E-state index is 12.4. The van der Waals surface area contributed by atoms with Crippen molar-refractivity contribution in [1.29, 1.82) is 0 Å². The smallest absolute Gasteiger partial charge is 0.323 e. The summed E-state index contributed by atoms with van der Waals surface area (Å²) in [5.74, 6) is 0. The lowest BCUT2D eigenvalue weighted by Crippen LogP contribution is -2.41. The molecule has 0 fully saturated rings. The van der Waals surface area contributed by atoms with Gasteiger partial charge in [-0.05, 0) is 35.9 Å². The number of aromatic nitrogens is 4. The molecule has 0 aliphatic rings. The Bertz CT molecular complexity index is 720. The lowest BCUT2D eigenvalue weighted by atomic mass is 10.3. The Labute approximate surface area is 137 Å². The number of tetrazole rings is 1. The van der Waals surface area contributed by atoms with Crippen molar-refractivity contribution in [2.45, 2.75) is 20.3 Å². The fourth-order valence-corrected chi connectivity index (χ4v) is 2.55. The highest BCUT2D eigenvalue weighted by Crippen LogP contribution is 2.26. The summed E-state index contributed by atoms with van der Waals surface area (Å²) in [4.78, 5) is 26.2. The van der Waals surface area contributed by atoms with Crippen LogP contribution in [-0.2, 0) is 0 Å². The number of para-hydroxylation sites is 1. The first kappa shape index (κ1) is 16.5. The van der Waals surface area contributed by atoms with Crippen LogP contribution in [0.5, 0.6) is 0 Å². The molecule has 1 amide bonds. The molecule has 0 aliphatic carbocycles. The molecule has 0 saturated carbocycles. The molecule has 2 aromatic rings. The van der Waals surface area contributed by atoms with E-state index in [1.165, 1.54) is 4.90 Å². The van der Waals surface area contributed by atoms with E-state index in [0.29, 0.717) is 17.8 Å². The van der Waals surface area contributed by atoms with Crippen molar-refractivity contribution in [3.05, 3.63) is 38.7 Å². The SMILES string of the molecule is CCCN(CC)C(=O)n1nnn(-c2c(Cl)cccc2Cl)c1=O. The fourth-order valence-electron chi connectivity index (χ4n) is 1.99. The minimum Gasteiger partial charge on any atom is -0.323 e. The lowest BCUT2D eigenvalue weighted by Gasteiger charge is -2.18. The van der Waals surface area contributed by atoms with Crippen molar-refractivity contribution in [2.75, 3.05) is 13.1 Å². The zero-order chi connectivity index (χ0) is 16.3. The van der Waals surface area contributed by atoms with Crippen LogP contribution in [0.25, 0.3) is 5.69 Å². The highest BCUT2D eigenvalue weighted by Gasteiger charge is 2.21. The molecule has 0 bridgehead atoms. The van der Waals surface area contributed by atoms with E-state index >= 15 is 0 Å². The number of benzene rings is 1. The molecule has 0 atom stereocenters. The summed E-state index contributed by atoms with van der Waals surface area (Å²) in [5, 5.41) is 7.83. The first-order valence-corrected chi connectivity index (χ1v) is 7.55. The van der Waals surface area contributed by atoms with Gasteiger partial charge in [-0.1, -0.05) is 36.2 Å². The Morgan fingerprint density at radius 3 is 2.41 bits per heavy atom. The number of hydrogen-bond acceptors (Lipinski definition) is 4. The average Bonchev–Trinajstić information content (AvgIpc) is 2.86. The van der Waals surface area contributed by atoms with Crippen LogP contribution in [0.3, 0.4) is 0 Å². The van der Waals surface area contributed by atoms with Crippen LogP contribution in [0.1, 0.15) is 20.3 Å². The predicted octanol–water partition coefficient (Wildman–Crippen LogP) is 2.44. The topological polar surface area (TPSA) is 73.0 Å². The molecule has 2 rings (SSSR count). The van der Waals surface area contributed by atoms with Crippen molar-refractivity contribution in [3.8, 4) is 5.69 Å². The summed E-state index contributed by atoms with van der Waals surface area (Å²) in [6.45, 7) is 4.77. The minimum absolute atomic E-state index is 0.202. The highest BCUT2D eigenvalue weighted by atomic mass is 35.5. The molecule has 0 N–H and O–H groups in total. The zero-order valence-corrected chi connectivity index (χ0v) is 13.7. The maximum absolute atomic E-state index is 12.4. The fraction of sp³-hybridized carbons (Fsp3) is 0.385. The van der Waals surface area contributed by atoms with Gasteiger partial charge in [-0.2, -0.15) is 4.68 Å². The van der Waals surface area contributed by atoms with Crippen LogP contribution in [-0.4, -0.2) is 43.8 Å². The normalized spacial score (nSPS) is 10.7. The monoisotopic (exact) mass is 343 g/mol. The lowest BCUT2D eigenvalue weighted by molar-refractivity contribution is 0.197. The molecule has 1 heterocycles. The molecular weight excluding hydrogens is 329 g/mol. The van der Waals surface area contributed by atoms with Crippen LogP contribution in [0, 0.1) is 0 Å². The molecule has 22 heavy (non-hydrogen) atoms. The molecule has 0 radical (unpaired) electrons. The zero-order valence-electron chi connectivity index (χ0n) is 12.2. The van der Waals surface area contributed by atoms with Gasteiger partial charge in [-0.15, -0.1) is 4.68 Å². The number of nitrogens with zero attached hydrogens (tertiary/aromatic N) is 5. The number of hydrogen-bond donors (Lipinski definition) is 0. The van der Waals surface area contributed by atoms with Crippen LogP contribution < -0.4 is 5.69 Å². The average molecular weight is 344 g/mol. The Morgan fingerprint density at radius 1 is 1.23 bits per heavy atom. The van der Waals surface area contributed by atoms with Crippen molar-refractivity contribution in [3.63, 3.8) is 0 Å². The van der Waals surface area contributed by atoms with E-state index in [2.05, 4.69) is 10.4 Å². The third kappa shape index (κ3) is 3.00. The highest BCUT2D eigenvalue weighted by molar-refractivity contribution is 6.37. The molecule has 118 valence electrons. The van der Waals surface area contributed by atoms with Gasteiger partial charge in [-0.3, -0.25) is 0 Å². The van der Waals surface area contributed by atoms with Crippen LogP contribution in [0.15, 0.2) is 23.0 Å². The summed E-state index contributed by atoms with van der Waals surface area (Å²) >= 11 is 12.1. The van der Waals surface area contributed by atoms with Gasteiger partial charge >= 0.3 is 11.7 Å². The van der Waals surface area contributed by atoms with Crippen LogP contribution >= 0.6 is 23.2 Å². The maximum Gasteiger partial charge on any atom is 0.377 e. The third-order valence-corrected chi connectivity index (χ3v) is 3.67. The van der Waals surface area contributed by atoms with Crippen LogP contribution in [0.2, 0.25) is 10.0 Å². The second-order valence-electron chi connectivity index (χ2n) is 4.52. The van der Waals surface area contributed by atoms with Gasteiger partial charge in [-0.25, -0.2) is 9.59 Å². The van der Waals surface area contributed by atoms with Gasteiger partial charge in [0.15, 0.2) is 0 Å². The van der Waals surface area contributed by atoms with Gasteiger partial charge in [0.1, 0.15) is 5.69 Å². The van der Waals surface area contributed by atoms with E-state index in [-0.39, 0.29) is 15.7 Å². The van der Waals surface area contributed by atoms with E-state index in [1.807, 2.05) is 13.8 Å². The quantitative estimate of drug-likeness (QED) is 0.799. The number of rotatable bonds is 4. The molecule has 0 aliphatic heterocycles. The van der Waals surface area contributed by atoms with E-state index in [4.69, 9.17) is 23.2 Å². The van der Waals surface area contributed by atoms with Gasteiger partial charge in [0.2, 0.25) is 0 Å². The molecule has 1 aromatic carbocycles. The standard InChI is InChI=1S/C13H15Cl2N5O2/c1-3-8-18(4-2)12(21)20-13(22)19(16-17-20)11-9(14)6-5-7-10(11)15/h5-7H,3-4,8H2,1-2H3. The van der Waals surface area contributed by atoms with E-state index in [0.717, 1.165) is 11.1 Å². The number of halogens is 2. The minimum atomic E-state index is -0.713. The molecule has 1 aromatic heterocycles. The number of carbonyl (C=O) groups excluding carboxylic acids is 1.